The van der Waals surface area contributed by atoms with Crippen LogP contribution in [0.15, 0.2) is 48.5 Å². The minimum Gasteiger partial charge on any atom is -0.397 e. The summed E-state index contributed by atoms with van der Waals surface area (Å²) in [6.07, 6.45) is 0. The van der Waals surface area contributed by atoms with Gasteiger partial charge in [0.15, 0.2) is 5.75 Å². The molecule has 1 amide bonds. The molecule has 0 atom stereocenters. The van der Waals surface area contributed by atoms with Crippen LogP contribution in [-0.4, -0.2) is 5.91 Å². The summed E-state index contributed by atoms with van der Waals surface area (Å²) < 4.78 is 11.8. The number of hydrogen-bond acceptors (Lipinski definition) is 3. The normalized spacial score (nSPS) is 9.83. The molecule has 2 aromatic rings. The maximum Gasteiger partial charge on any atom is 0.255 e. The third-order valence-corrected chi connectivity index (χ3v) is 2.41. The van der Waals surface area contributed by atoms with Gasteiger partial charge >= 0.3 is 0 Å². The van der Waals surface area contributed by atoms with Crippen LogP contribution in [-0.2, 0) is 0 Å². The van der Waals surface area contributed by atoms with Crippen LogP contribution in [0.2, 0.25) is 0 Å². The monoisotopic (exact) mass is 246 g/mol. The van der Waals surface area contributed by atoms with E-state index in [1.54, 1.807) is 24.3 Å². The first-order valence-corrected chi connectivity index (χ1v) is 5.25. The van der Waals surface area contributed by atoms with E-state index in [1.165, 1.54) is 24.3 Å². The molecule has 0 bridgehead atoms. The van der Waals surface area contributed by atoms with Crippen LogP contribution in [0.25, 0.3) is 0 Å². The Bertz CT molecular complexity index is 555. The Balaban J connectivity index is 2.14. The molecule has 0 fully saturated rings. The highest BCUT2D eigenvalue weighted by Crippen LogP contribution is 2.18. The van der Waals surface area contributed by atoms with Crippen molar-refractivity contribution < 1.29 is 14.3 Å². The van der Waals surface area contributed by atoms with Crippen molar-refractivity contribution in [2.75, 3.05) is 11.1 Å². The number of benzene rings is 2. The Morgan fingerprint density at radius 2 is 1.78 bits per heavy atom. The first-order valence-electron chi connectivity index (χ1n) is 5.25. The fraction of sp³-hybridized carbons (Fsp3) is 0. The van der Waals surface area contributed by atoms with E-state index in [4.69, 9.17) is 5.73 Å². The van der Waals surface area contributed by atoms with E-state index in [9.17, 15) is 9.32 Å². The number of rotatable bonds is 3. The molecule has 4 nitrogen and oxygen atoms in total. The van der Waals surface area contributed by atoms with Gasteiger partial charge in [0.25, 0.3) is 5.91 Å². The van der Waals surface area contributed by atoms with Crippen LogP contribution < -0.4 is 16.0 Å². The Hall–Kier alpha value is -2.56. The Morgan fingerprint density at radius 1 is 1.11 bits per heavy atom. The highest BCUT2D eigenvalue weighted by Gasteiger charge is 2.07. The van der Waals surface area contributed by atoms with Crippen molar-refractivity contribution >= 4 is 17.3 Å². The van der Waals surface area contributed by atoms with Gasteiger partial charge in [-0.3, -0.25) is 9.74 Å². The molecule has 0 unspecified atom stereocenters. The van der Waals surface area contributed by atoms with Gasteiger partial charge in [-0.05, 0) is 36.4 Å². The largest absolute Gasteiger partial charge is 0.397 e. The molecule has 0 aliphatic heterocycles. The van der Waals surface area contributed by atoms with Crippen molar-refractivity contribution in [3.8, 4) is 5.75 Å². The lowest BCUT2D eigenvalue weighted by Gasteiger charge is -2.07. The van der Waals surface area contributed by atoms with Crippen molar-refractivity contribution in [2.24, 2.45) is 0 Å². The van der Waals surface area contributed by atoms with Crippen LogP contribution in [0.3, 0.4) is 0 Å². The summed E-state index contributed by atoms with van der Waals surface area (Å²) in [5.41, 5.74) is 7.11. The lowest BCUT2D eigenvalue weighted by molar-refractivity contribution is -0.00621. The van der Waals surface area contributed by atoms with Crippen LogP contribution in [0.4, 0.5) is 15.9 Å². The van der Waals surface area contributed by atoms with Crippen LogP contribution in [0.1, 0.15) is 10.4 Å². The number of nitrogens with one attached hydrogen (secondary N) is 1. The maximum absolute atomic E-state index is 11.9. The molecule has 2 rings (SSSR count). The minimum atomic E-state index is -0.321. The zero-order chi connectivity index (χ0) is 13.0. The second-order valence-electron chi connectivity index (χ2n) is 3.64. The third kappa shape index (κ3) is 2.57. The molecule has 0 radical (unpaired) electrons. The maximum atomic E-state index is 11.9. The van der Waals surface area contributed by atoms with E-state index < -0.39 is 0 Å². The number of hydrogen-bond donors (Lipinski definition) is 2. The molecule has 0 saturated carbocycles. The van der Waals surface area contributed by atoms with Gasteiger partial charge in [-0.15, -0.1) is 0 Å². The predicted octanol–water partition coefficient (Wildman–Crippen LogP) is 2.78. The summed E-state index contributed by atoms with van der Waals surface area (Å²) in [6.45, 7) is 0. The number of nitrogens with two attached hydrogens (primary N) is 1. The van der Waals surface area contributed by atoms with Crippen molar-refractivity contribution in [3.05, 3.63) is 54.1 Å². The topological polar surface area (TPSA) is 64.3 Å². The fourth-order valence-corrected chi connectivity index (χ4v) is 1.46. The zero-order valence-corrected chi connectivity index (χ0v) is 9.39. The first kappa shape index (κ1) is 11.9. The third-order valence-electron chi connectivity index (χ3n) is 2.41. The van der Waals surface area contributed by atoms with E-state index in [-0.39, 0.29) is 11.7 Å². The number of amides is 1. The minimum absolute atomic E-state index is 0.0470. The van der Waals surface area contributed by atoms with Crippen molar-refractivity contribution in [1.29, 1.82) is 0 Å². The summed E-state index contributed by atoms with van der Waals surface area (Å²) in [7, 11) is 0. The summed E-state index contributed by atoms with van der Waals surface area (Å²) in [4.78, 5) is 15.4. The number of para-hydroxylation sites is 2. The van der Waals surface area contributed by atoms with Gasteiger partial charge < -0.3 is 11.1 Å². The lowest BCUT2D eigenvalue weighted by atomic mass is 10.2. The fourth-order valence-electron chi connectivity index (χ4n) is 1.46. The van der Waals surface area contributed by atoms with Gasteiger partial charge in [-0.1, -0.05) is 12.1 Å². The lowest BCUT2D eigenvalue weighted by Crippen LogP contribution is -2.12. The molecule has 0 aliphatic carbocycles. The number of nitrogen functional groups attached to an aromatic ring is 1. The molecule has 3 N–H and O–H groups in total. The Kier molecular flexibility index (Phi) is 3.43. The Labute approximate surface area is 103 Å². The van der Waals surface area contributed by atoms with Gasteiger partial charge in [0.05, 0.1) is 11.4 Å². The first-order chi connectivity index (χ1) is 8.70. The van der Waals surface area contributed by atoms with E-state index >= 15 is 0 Å². The zero-order valence-electron chi connectivity index (χ0n) is 9.39. The van der Waals surface area contributed by atoms with Gasteiger partial charge in [0.1, 0.15) is 0 Å². The summed E-state index contributed by atoms with van der Waals surface area (Å²) >= 11 is 0. The molecule has 92 valence electrons. The summed E-state index contributed by atoms with van der Waals surface area (Å²) in [6, 6.07) is 12.6. The molecule has 0 spiro atoms. The van der Waals surface area contributed by atoms with Gasteiger partial charge in [0.2, 0.25) is 0 Å². The van der Waals surface area contributed by atoms with Crippen LogP contribution in [0, 0.1) is 0 Å². The van der Waals surface area contributed by atoms with E-state index in [1.807, 2.05) is 0 Å². The Morgan fingerprint density at radius 3 is 2.39 bits per heavy atom. The number of carbonyl (C=O) groups is 1. The molecule has 0 saturated heterocycles. The van der Waals surface area contributed by atoms with Crippen LogP contribution in [0.5, 0.6) is 5.75 Å². The van der Waals surface area contributed by atoms with Crippen molar-refractivity contribution in [3.63, 3.8) is 0 Å². The molecule has 5 heteroatoms. The molecular weight excluding hydrogens is 235 g/mol. The number of halogens is 1. The van der Waals surface area contributed by atoms with E-state index in [0.29, 0.717) is 16.9 Å². The van der Waals surface area contributed by atoms with Crippen molar-refractivity contribution in [2.45, 2.75) is 0 Å². The molecule has 2 aromatic carbocycles. The van der Waals surface area contributed by atoms with Gasteiger partial charge in [0, 0.05) is 10.1 Å². The van der Waals surface area contributed by atoms with Gasteiger partial charge in [-0.25, -0.2) is 0 Å². The predicted molar refractivity (Wildman–Crippen MR) is 67.0 cm³/mol. The highest BCUT2D eigenvalue weighted by molar-refractivity contribution is 6.05. The molecule has 0 aromatic heterocycles. The summed E-state index contributed by atoms with van der Waals surface area (Å²) in [5.74, 6) is -0.274. The second-order valence-corrected chi connectivity index (χ2v) is 3.64. The summed E-state index contributed by atoms with van der Waals surface area (Å²) in [5, 5.41) is 2.67. The quantitative estimate of drug-likeness (QED) is 0.818. The van der Waals surface area contributed by atoms with Crippen molar-refractivity contribution in [1.82, 2.24) is 0 Å². The smallest absolute Gasteiger partial charge is 0.255 e. The molecule has 18 heavy (non-hydrogen) atoms. The second kappa shape index (κ2) is 5.18. The average Bonchev–Trinajstić information content (AvgIpc) is 2.41. The number of anilines is 2. The molecular formula is C13H11FN2O2. The highest BCUT2D eigenvalue weighted by atomic mass is 19.3. The number of carbonyl (C=O) groups excluding carboxylic acids is 1. The average molecular weight is 246 g/mol. The van der Waals surface area contributed by atoms with E-state index in [2.05, 4.69) is 10.3 Å². The van der Waals surface area contributed by atoms with Crippen LogP contribution >= 0.6 is 0 Å². The van der Waals surface area contributed by atoms with E-state index in [0.717, 1.165) is 0 Å². The van der Waals surface area contributed by atoms with Gasteiger partial charge in [-0.2, -0.15) is 0 Å². The SMILES string of the molecule is Nc1ccccc1NC(=O)c1ccc(OF)cc1. The molecule has 0 aliphatic rings. The molecule has 0 heterocycles. The standard InChI is InChI=1S/C13H11FN2O2/c14-18-10-7-5-9(6-8-10)13(17)16-12-4-2-1-3-11(12)15/h1-8H,15H2,(H,16,17).